The lowest BCUT2D eigenvalue weighted by Crippen LogP contribution is -2.23. The van der Waals surface area contributed by atoms with Crippen LogP contribution in [0.25, 0.3) is 10.9 Å². The quantitative estimate of drug-likeness (QED) is 0.644. The van der Waals surface area contributed by atoms with Gasteiger partial charge in [-0.1, -0.05) is 6.07 Å². The number of carbonyl (C=O) groups is 1. The number of nitrogens with one attached hydrogen (secondary N) is 3. The van der Waals surface area contributed by atoms with Crippen LogP contribution in [0.2, 0.25) is 0 Å². The molecule has 0 bridgehead atoms. The highest BCUT2D eigenvalue weighted by Gasteiger charge is 2.10. The fraction of sp³-hybridized carbons (Fsp3) is 0.0833. The number of hydrogen-bond donors (Lipinski definition) is 3. The third-order valence-electron chi connectivity index (χ3n) is 2.72. The second-order valence-corrected chi connectivity index (χ2v) is 3.86. The van der Waals surface area contributed by atoms with Crippen LogP contribution in [0.4, 0.5) is 0 Å². The van der Waals surface area contributed by atoms with Gasteiger partial charge in [-0.25, -0.2) is 4.98 Å². The van der Waals surface area contributed by atoms with E-state index in [1.54, 1.807) is 6.07 Å². The molecule has 18 heavy (non-hydrogen) atoms. The summed E-state index contributed by atoms with van der Waals surface area (Å²) in [6.07, 6.45) is 3.23. The molecule has 1 amide bonds. The van der Waals surface area contributed by atoms with E-state index in [0.717, 1.165) is 10.9 Å². The molecule has 0 atom stereocenters. The van der Waals surface area contributed by atoms with E-state index in [-0.39, 0.29) is 5.91 Å². The summed E-state index contributed by atoms with van der Waals surface area (Å²) >= 11 is 0. The molecular weight excluding hydrogens is 230 g/mol. The smallest absolute Gasteiger partial charge is 0.252 e. The molecule has 1 aromatic carbocycles. The highest BCUT2D eigenvalue weighted by atomic mass is 16.1. The number of aromatic amines is 2. The molecule has 0 saturated heterocycles. The average Bonchev–Trinajstić information content (AvgIpc) is 3.05. The van der Waals surface area contributed by atoms with Gasteiger partial charge in [0.15, 0.2) is 0 Å². The van der Waals surface area contributed by atoms with Gasteiger partial charge in [-0.2, -0.15) is 5.10 Å². The lowest BCUT2D eigenvalue weighted by molar-refractivity contribution is 0.0951. The lowest BCUT2D eigenvalue weighted by atomic mass is 10.1. The Morgan fingerprint density at radius 2 is 2.28 bits per heavy atom. The van der Waals surface area contributed by atoms with E-state index in [4.69, 9.17) is 0 Å². The van der Waals surface area contributed by atoms with Crippen LogP contribution < -0.4 is 5.32 Å². The largest absolute Gasteiger partial charge is 0.361 e. The molecule has 6 heteroatoms. The Kier molecular flexibility index (Phi) is 2.53. The van der Waals surface area contributed by atoms with Crippen molar-refractivity contribution < 1.29 is 4.79 Å². The van der Waals surface area contributed by atoms with Crippen molar-refractivity contribution in [2.24, 2.45) is 0 Å². The Morgan fingerprint density at radius 1 is 1.33 bits per heavy atom. The first-order valence-electron chi connectivity index (χ1n) is 5.53. The minimum absolute atomic E-state index is 0.128. The summed E-state index contributed by atoms with van der Waals surface area (Å²) in [5, 5.41) is 10.1. The molecule has 3 N–H and O–H groups in total. The highest BCUT2D eigenvalue weighted by molar-refractivity contribution is 6.06. The van der Waals surface area contributed by atoms with Gasteiger partial charge in [-0.3, -0.25) is 9.89 Å². The molecule has 90 valence electrons. The monoisotopic (exact) mass is 241 g/mol. The van der Waals surface area contributed by atoms with Gasteiger partial charge >= 0.3 is 0 Å². The van der Waals surface area contributed by atoms with Crippen LogP contribution in [0.15, 0.2) is 36.8 Å². The number of nitrogens with zero attached hydrogens (tertiary/aromatic N) is 2. The van der Waals surface area contributed by atoms with Gasteiger partial charge in [0.05, 0.1) is 6.54 Å². The average molecular weight is 241 g/mol. The first kappa shape index (κ1) is 10.5. The lowest BCUT2D eigenvalue weighted by Gasteiger charge is -2.04. The summed E-state index contributed by atoms with van der Waals surface area (Å²) in [4.78, 5) is 19.1. The molecule has 6 nitrogen and oxygen atoms in total. The molecule has 2 aromatic heterocycles. The van der Waals surface area contributed by atoms with Crippen LogP contribution in [0.3, 0.4) is 0 Å². The van der Waals surface area contributed by atoms with Crippen molar-refractivity contribution in [3.05, 3.63) is 48.2 Å². The molecule has 0 radical (unpaired) electrons. The maximum Gasteiger partial charge on any atom is 0.252 e. The standard InChI is InChI=1S/C12H11N5O/c18-12(14-6-11-15-7-16-17-11)9-2-1-3-10-8(9)4-5-13-10/h1-5,7,13H,6H2,(H,14,18)(H,15,16,17). The van der Waals surface area contributed by atoms with Crippen molar-refractivity contribution >= 4 is 16.8 Å². The molecule has 0 saturated carbocycles. The third kappa shape index (κ3) is 1.84. The van der Waals surface area contributed by atoms with Gasteiger partial charge in [-0.15, -0.1) is 0 Å². The summed E-state index contributed by atoms with van der Waals surface area (Å²) in [6.45, 7) is 0.333. The molecule has 0 unspecified atom stereocenters. The molecule has 0 spiro atoms. The number of H-pyrrole nitrogens is 2. The van der Waals surface area contributed by atoms with Gasteiger partial charge < -0.3 is 10.3 Å². The van der Waals surface area contributed by atoms with Crippen LogP contribution in [-0.4, -0.2) is 26.1 Å². The SMILES string of the molecule is O=C(NCc1ncn[nH]1)c1cccc2[nH]ccc12. The third-order valence-corrected chi connectivity index (χ3v) is 2.72. The highest BCUT2D eigenvalue weighted by Crippen LogP contribution is 2.17. The van der Waals surface area contributed by atoms with Crippen LogP contribution in [0.1, 0.15) is 16.2 Å². The van der Waals surface area contributed by atoms with Crippen LogP contribution in [-0.2, 0) is 6.54 Å². The number of amides is 1. The minimum atomic E-state index is -0.128. The number of fused-ring (bicyclic) bond motifs is 1. The molecule has 0 fully saturated rings. The van der Waals surface area contributed by atoms with Gasteiger partial charge in [0, 0.05) is 22.7 Å². The Hall–Kier alpha value is -2.63. The maximum absolute atomic E-state index is 12.1. The van der Waals surface area contributed by atoms with Crippen molar-refractivity contribution in [2.45, 2.75) is 6.54 Å². The van der Waals surface area contributed by atoms with E-state index in [2.05, 4.69) is 25.5 Å². The molecule has 0 aliphatic carbocycles. The fourth-order valence-corrected chi connectivity index (χ4v) is 1.86. The van der Waals surface area contributed by atoms with Gasteiger partial charge in [0.1, 0.15) is 12.2 Å². The van der Waals surface area contributed by atoms with E-state index in [9.17, 15) is 4.79 Å². The zero-order chi connectivity index (χ0) is 12.4. The maximum atomic E-state index is 12.1. The summed E-state index contributed by atoms with van der Waals surface area (Å²) in [6, 6.07) is 7.47. The Bertz CT molecular complexity index is 671. The minimum Gasteiger partial charge on any atom is -0.361 e. The molecule has 0 aliphatic rings. The topological polar surface area (TPSA) is 86.5 Å². The van der Waals surface area contributed by atoms with Crippen molar-refractivity contribution in [3.63, 3.8) is 0 Å². The Labute approximate surface area is 102 Å². The number of hydrogen-bond acceptors (Lipinski definition) is 3. The van der Waals surface area contributed by atoms with Crippen LogP contribution in [0, 0.1) is 0 Å². The second kappa shape index (κ2) is 4.33. The van der Waals surface area contributed by atoms with Crippen molar-refractivity contribution in [3.8, 4) is 0 Å². The summed E-state index contributed by atoms with van der Waals surface area (Å²) in [7, 11) is 0. The number of rotatable bonds is 3. The van der Waals surface area contributed by atoms with Crippen molar-refractivity contribution in [1.29, 1.82) is 0 Å². The van der Waals surface area contributed by atoms with Crippen LogP contribution >= 0.6 is 0 Å². The first-order chi connectivity index (χ1) is 8.84. The van der Waals surface area contributed by atoms with E-state index in [0.29, 0.717) is 17.9 Å². The van der Waals surface area contributed by atoms with Gasteiger partial charge in [0.2, 0.25) is 0 Å². The van der Waals surface area contributed by atoms with Crippen molar-refractivity contribution in [2.75, 3.05) is 0 Å². The predicted molar refractivity (Wildman–Crippen MR) is 65.9 cm³/mol. The Balaban J connectivity index is 1.81. The fourth-order valence-electron chi connectivity index (χ4n) is 1.86. The summed E-state index contributed by atoms with van der Waals surface area (Å²) < 4.78 is 0. The zero-order valence-electron chi connectivity index (χ0n) is 9.47. The summed E-state index contributed by atoms with van der Waals surface area (Å²) in [5.74, 6) is 0.501. The van der Waals surface area contributed by atoms with Gasteiger partial charge in [-0.05, 0) is 18.2 Å². The molecule has 2 heterocycles. The van der Waals surface area contributed by atoms with Gasteiger partial charge in [0.25, 0.3) is 5.91 Å². The first-order valence-corrected chi connectivity index (χ1v) is 5.53. The number of benzene rings is 1. The van der Waals surface area contributed by atoms with E-state index >= 15 is 0 Å². The number of carbonyl (C=O) groups excluding carboxylic acids is 1. The number of aromatic nitrogens is 4. The molecule has 3 aromatic rings. The summed E-state index contributed by atoms with van der Waals surface area (Å²) in [5.41, 5.74) is 1.59. The molecular formula is C12H11N5O. The Morgan fingerprint density at radius 3 is 3.11 bits per heavy atom. The molecule has 3 rings (SSSR count). The second-order valence-electron chi connectivity index (χ2n) is 3.86. The normalized spacial score (nSPS) is 10.7. The van der Waals surface area contributed by atoms with Crippen LogP contribution in [0.5, 0.6) is 0 Å². The van der Waals surface area contributed by atoms with E-state index < -0.39 is 0 Å². The van der Waals surface area contributed by atoms with E-state index in [1.165, 1.54) is 6.33 Å². The van der Waals surface area contributed by atoms with E-state index in [1.807, 2.05) is 24.4 Å². The molecule has 0 aliphatic heterocycles. The zero-order valence-corrected chi connectivity index (χ0v) is 9.47. The van der Waals surface area contributed by atoms with Crippen molar-refractivity contribution in [1.82, 2.24) is 25.5 Å². The predicted octanol–water partition coefficient (Wildman–Crippen LogP) is 1.22.